The topological polar surface area (TPSA) is 84.4 Å². The summed E-state index contributed by atoms with van der Waals surface area (Å²) in [5.41, 5.74) is 4.41. The maximum absolute atomic E-state index is 12.5. The van der Waals surface area contributed by atoms with Crippen molar-refractivity contribution in [1.29, 1.82) is 0 Å². The van der Waals surface area contributed by atoms with Crippen molar-refractivity contribution in [2.24, 2.45) is 0 Å². The molecule has 2 amide bonds. The van der Waals surface area contributed by atoms with Gasteiger partial charge in [0.25, 0.3) is 5.91 Å². The number of para-hydroxylation sites is 1. The van der Waals surface area contributed by atoms with Crippen LogP contribution in [0.25, 0.3) is 11.0 Å². The number of benzene rings is 2. The van der Waals surface area contributed by atoms with Crippen molar-refractivity contribution in [2.45, 2.75) is 20.0 Å². The third-order valence-electron chi connectivity index (χ3n) is 4.77. The van der Waals surface area contributed by atoms with Crippen molar-refractivity contribution in [3.8, 4) is 0 Å². The summed E-state index contributed by atoms with van der Waals surface area (Å²) < 4.78 is 5.36. The Morgan fingerprint density at radius 1 is 1.11 bits per heavy atom. The molecule has 1 N–H and O–H groups in total. The first-order valence-electron chi connectivity index (χ1n) is 9.07. The van der Waals surface area contributed by atoms with Gasteiger partial charge in [-0.25, -0.2) is 14.8 Å². The summed E-state index contributed by atoms with van der Waals surface area (Å²) in [4.78, 5) is 35.1. The van der Waals surface area contributed by atoms with Gasteiger partial charge in [0.15, 0.2) is 0 Å². The maximum atomic E-state index is 12.5. The lowest BCUT2D eigenvalue weighted by molar-refractivity contribution is 0.0916. The number of cyclic esters (lactones) is 1. The highest BCUT2D eigenvalue weighted by Gasteiger charge is 2.32. The van der Waals surface area contributed by atoms with E-state index in [1.54, 1.807) is 23.1 Å². The molecule has 0 saturated carbocycles. The zero-order valence-electron chi connectivity index (χ0n) is 15.7. The van der Waals surface area contributed by atoms with Crippen LogP contribution in [0.3, 0.4) is 0 Å². The SMILES string of the molecule is Cc1nc2ccc(C(=O)NCC3CN(c4ccccc4)C(=O)O3)cc2nc1C. The van der Waals surface area contributed by atoms with Crippen LogP contribution in [0.4, 0.5) is 10.5 Å². The van der Waals surface area contributed by atoms with E-state index < -0.39 is 12.2 Å². The number of fused-ring (bicyclic) bond motifs is 1. The van der Waals surface area contributed by atoms with Crippen LogP contribution in [0.5, 0.6) is 0 Å². The molecule has 1 aliphatic rings. The zero-order valence-corrected chi connectivity index (χ0v) is 15.7. The molecule has 0 bridgehead atoms. The number of aryl methyl sites for hydroxylation is 2. The fraction of sp³-hybridized carbons (Fsp3) is 0.238. The molecular formula is C21H20N4O3. The third kappa shape index (κ3) is 3.51. The first-order valence-corrected chi connectivity index (χ1v) is 9.07. The number of carbonyl (C=O) groups excluding carboxylic acids is 2. The van der Waals surface area contributed by atoms with Gasteiger partial charge in [-0.15, -0.1) is 0 Å². The summed E-state index contributed by atoms with van der Waals surface area (Å²) in [6, 6.07) is 14.5. The maximum Gasteiger partial charge on any atom is 0.414 e. The van der Waals surface area contributed by atoms with E-state index in [-0.39, 0.29) is 12.5 Å². The molecule has 4 rings (SSSR count). The number of aromatic nitrogens is 2. The Morgan fingerprint density at radius 2 is 1.82 bits per heavy atom. The molecule has 28 heavy (non-hydrogen) atoms. The van der Waals surface area contributed by atoms with Gasteiger partial charge in [-0.3, -0.25) is 9.69 Å². The molecule has 2 aromatic carbocycles. The van der Waals surface area contributed by atoms with E-state index >= 15 is 0 Å². The van der Waals surface area contributed by atoms with Crippen LogP contribution in [-0.4, -0.2) is 41.2 Å². The van der Waals surface area contributed by atoms with Crippen LogP contribution in [0, 0.1) is 13.8 Å². The molecule has 0 spiro atoms. The Morgan fingerprint density at radius 3 is 2.57 bits per heavy atom. The van der Waals surface area contributed by atoms with Gasteiger partial charge in [0, 0.05) is 11.3 Å². The van der Waals surface area contributed by atoms with Gasteiger partial charge >= 0.3 is 6.09 Å². The smallest absolute Gasteiger partial charge is 0.414 e. The number of carbonyl (C=O) groups is 2. The van der Waals surface area contributed by atoms with Crippen LogP contribution >= 0.6 is 0 Å². The standard InChI is InChI=1S/C21H20N4O3/c1-13-14(2)24-19-10-15(8-9-18(19)23-13)20(26)22-11-17-12-25(21(27)28-17)16-6-4-3-5-7-16/h3-10,17H,11-12H2,1-2H3,(H,22,26). The lowest BCUT2D eigenvalue weighted by Crippen LogP contribution is -2.34. The van der Waals surface area contributed by atoms with E-state index in [0.29, 0.717) is 17.6 Å². The summed E-state index contributed by atoms with van der Waals surface area (Å²) in [5.74, 6) is -0.240. The van der Waals surface area contributed by atoms with Crippen molar-refractivity contribution < 1.29 is 14.3 Å². The molecule has 0 radical (unpaired) electrons. The van der Waals surface area contributed by atoms with E-state index in [1.807, 2.05) is 44.2 Å². The number of amides is 2. The van der Waals surface area contributed by atoms with Gasteiger partial charge in [-0.05, 0) is 44.2 Å². The number of nitrogens with one attached hydrogen (secondary N) is 1. The second kappa shape index (κ2) is 7.26. The zero-order chi connectivity index (χ0) is 19.7. The Bertz CT molecular complexity index is 1050. The summed E-state index contributed by atoms with van der Waals surface area (Å²) in [6.07, 6.45) is -0.806. The lowest BCUT2D eigenvalue weighted by Gasteiger charge is -2.13. The van der Waals surface area contributed by atoms with Gasteiger partial charge in [0.1, 0.15) is 6.10 Å². The van der Waals surface area contributed by atoms with E-state index in [2.05, 4.69) is 15.3 Å². The first kappa shape index (κ1) is 17.9. The van der Waals surface area contributed by atoms with Crippen molar-refractivity contribution >= 4 is 28.7 Å². The molecule has 3 aromatic rings. The fourth-order valence-corrected chi connectivity index (χ4v) is 3.13. The van der Waals surface area contributed by atoms with E-state index in [9.17, 15) is 9.59 Å². The number of nitrogens with zero attached hydrogens (tertiary/aromatic N) is 3. The summed E-state index contributed by atoms with van der Waals surface area (Å²) in [5, 5.41) is 2.83. The normalized spacial score (nSPS) is 16.3. The Kier molecular flexibility index (Phi) is 4.65. The first-order chi connectivity index (χ1) is 13.5. The van der Waals surface area contributed by atoms with Crippen LogP contribution in [0.15, 0.2) is 48.5 Å². The minimum atomic E-state index is -0.405. The third-order valence-corrected chi connectivity index (χ3v) is 4.77. The van der Waals surface area contributed by atoms with Crippen molar-refractivity contribution in [1.82, 2.24) is 15.3 Å². The molecule has 0 aliphatic carbocycles. The summed E-state index contributed by atoms with van der Waals surface area (Å²) in [6.45, 7) is 4.43. The van der Waals surface area contributed by atoms with Crippen LogP contribution in [0.2, 0.25) is 0 Å². The average Bonchev–Trinajstić information content (AvgIpc) is 3.08. The number of anilines is 1. The largest absolute Gasteiger partial charge is 0.442 e. The van der Waals surface area contributed by atoms with E-state index in [1.165, 1.54) is 0 Å². The molecule has 2 heterocycles. The van der Waals surface area contributed by atoms with Crippen molar-refractivity contribution in [3.05, 3.63) is 65.5 Å². The predicted molar refractivity (Wildman–Crippen MR) is 105 cm³/mol. The van der Waals surface area contributed by atoms with Crippen LogP contribution < -0.4 is 10.2 Å². The van der Waals surface area contributed by atoms with Gasteiger partial charge in [0.05, 0.1) is 35.5 Å². The minimum Gasteiger partial charge on any atom is -0.442 e. The molecule has 1 atom stereocenters. The second-order valence-corrected chi connectivity index (χ2v) is 6.76. The average molecular weight is 376 g/mol. The van der Waals surface area contributed by atoms with E-state index in [0.717, 1.165) is 22.6 Å². The number of hydrogen-bond acceptors (Lipinski definition) is 5. The molecular weight excluding hydrogens is 356 g/mol. The number of hydrogen-bond donors (Lipinski definition) is 1. The van der Waals surface area contributed by atoms with Gasteiger partial charge in [0.2, 0.25) is 0 Å². The molecule has 1 saturated heterocycles. The van der Waals surface area contributed by atoms with Gasteiger partial charge < -0.3 is 10.1 Å². The quantitative estimate of drug-likeness (QED) is 0.757. The van der Waals surface area contributed by atoms with Crippen molar-refractivity contribution in [2.75, 3.05) is 18.0 Å². The number of rotatable bonds is 4. The molecule has 142 valence electrons. The molecule has 7 heteroatoms. The fourth-order valence-electron chi connectivity index (χ4n) is 3.13. The highest BCUT2D eigenvalue weighted by Crippen LogP contribution is 2.21. The van der Waals surface area contributed by atoms with Crippen LogP contribution in [0.1, 0.15) is 21.7 Å². The molecule has 1 aromatic heterocycles. The van der Waals surface area contributed by atoms with E-state index in [4.69, 9.17) is 4.74 Å². The Balaban J connectivity index is 1.41. The minimum absolute atomic E-state index is 0.240. The number of ether oxygens (including phenoxy) is 1. The van der Waals surface area contributed by atoms with Gasteiger partial charge in [-0.2, -0.15) is 0 Å². The van der Waals surface area contributed by atoms with Crippen molar-refractivity contribution in [3.63, 3.8) is 0 Å². The predicted octanol–water partition coefficient (Wildman–Crippen LogP) is 3.00. The monoisotopic (exact) mass is 376 g/mol. The lowest BCUT2D eigenvalue weighted by atomic mass is 10.1. The molecule has 1 unspecified atom stereocenters. The summed E-state index contributed by atoms with van der Waals surface area (Å²) in [7, 11) is 0. The highest BCUT2D eigenvalue weighted by molar-refractivity contribution is 5.97. The molecule has 1 fully saturated rings. The second-order valence-electron chi connectivity index (χ2n) is 6.76. The van der Waals surface area contributed by atoms with Crippen LogP contribution in [-0.2, 0) is 4.74 Å². The van der Waals surface area contributed by atoms with Gasteiger partial charge in [-0.1, -0.05) is 18.2 Å². The summed E-state index contributed by atoms with van der Waals surface area (Å²) >= 11 is 0. The Hall–Kier alpha value is -3.48. The highest BCUT2D eigenvalue weighted by atomic mass is 16.6. The molecule has 7 nitrogen and oxygen atoms in total. The Labute approximate surface area is 162 Å². The molecule has 1 aliphatic heterocycles.